The fraction of sp³-hybridized carbons (Fsp3) is 0.409. The van der Waals surface area contributed by atoms with Crippen molar-refractivity contribution in [3.05, 3.63) is 41.5 Å². The van der Waals surface area contributed by atoms with Crippen molar-refractivity contribution in [3.63, 3.8) is 0 Å². The summed E-state index contributed by atoms with van der Waals surface area (Å²) in [6.45, 7) is 3.19. The quantitative estimate of drug-likeness (QED) is 0.189. The van der Waals surface area contributed by atoms with Crippen LogP contribution in [0, 0.1) is 11.8 Å². The summed E-state index contributed by atoms with van der Waals surface area (Å²) in [7, 11) is 0. The average Bonchev–Trinajstić information content (AvgIpc) is 2.77. The molecular weight excluding hydrogens is 454 g/mol. The van der Waals surface area contributed by atoms with Crippen LogP contribution in [-0.2, 0) is 23.8 Å². The third kappa shape index (κ3) is 7.01. The monoisotopic (exact) mass is 479 g/mol. The van der Waals surface area contributed by atoms with E-state index in [-0.39, 0.29) is 17.7 Å². The molecule has 1 fully saturated rings. The number of carboxylic acids is 2. The second-order valence-corrected chi connectivity index (χ2v) is 7.28. The second kappa shape index (κ2) is 12.1. The molecular formula is C22H25NO11. The lowest BCUT2D eigenvalue weighted by atomic mass is 9.96. The molecule has 6 N–H and O–H groups in total. The number of nitrogens with one attached hydrogen (secondary N) is 1. The first-order valence-electron chi connectivity index (χ1n) is 9.96. The molecule has 0 bridgehead atoms. The normalized spacial score (nSPS) is 23.9. The van der Waals surface area contributed by atoms with Crippen LogP contribution in [0.25, 0.3) is 0 Å². The number of benzene rings is 1. The standard InChI is InChI=1S/C22H25NO11/c1-11(20(28)29)10-33-19-17(23-12(2)25)22(34-16(9-24)18(19)27)32-7-3-4-13-5-6-15(26)14(8-13)21(30)31/h5-6,8,16-19,22,24,26-27H,1,7,9-10H2,2H3,(H,23,25)(H,28,29)(H,30,31)/t16-,17+,18-,19+,22-/m1/s1. The van der Waals surface area contributed by atoms with Crippen LogP contribution < -0.4 is 5.32 Å². The van der Waals surface area contributed by atoms with Crippen LogP contribution in [-0.4, -0.2) is 93.8 Å². The molecule has 184 valence electrons. The number of carboxylic acid groups (broad SMARTS) is 2. The first-order valence-corrected chi connectivity index (χ1v) is 9.96. The number of amides is 1. The number of rotatable bonds is 9. The van der Waals surface area contributed by atoms with Crippen molar-refractivity contribution in [2.24, 2.45) is 0 Å². The predicted octanol–water partition coefficient (Wildman–Crippen LogP) is -0.933. The SMILES string of the molecule is C=C(CO[C@@H]1[C@H](O)[C@@H](CO)O[C@@H](OCC#Cc2ccc(O)c(C(=O)O)c2)[C@H]1NC(C)=O)C(=O)O. The van der Waals surface area contributed by atoms with Gasteiger partial charge in [0.15, 0.2) is 6.29 Å². The van der Waals surface area contributed by atoms with Crippen molar-refractivity contribution in [3.8, 4) is 17.6 Å². The molecule has 0 radical (unpaired) electrons. The van der Waals surface area contributed by atoms with Gasteiger partial charge in [-0.3, -0.25) is 4.79 Å². The summed E-state index contributed by atoms with van der Waals surface area (Å²) in [5, 5.41) is 50.2. The molecule has 5 atom stereocenters. The summed E-state index contributed by atoms with van der Waals surface area (Å²) in [4.78, 5) is 33.8. The van der Waals surface area contributed by atoms with Gasteiger partial charge in [0.25, 0.3) is 0 Å². The summed E-state index contributed by atoms with van der Waals surface area (Å²) in [5.74, 6) is 1.74. The van der Waals surface area contributed by atoms with Crippen molar-refractivity contribution < 1.29 is 54.1 Å². The zero-order valence-electron chi connectivity index (χ0n) is 18.1. The maximum absolute atomic E-state index is 11.7. The van der Waals surface area contributed by atoms with Crippen molar-refractivity contribution in [1.29, 1.82) is 0 Å². The van der Waals surface area contributed by atoms with Gasteiger partial charge in [0.1, 0.15) is 42.3 Å². The molecule has 1 aliphatic rings. The number of aliphatic hydroxyl groups is 2. The highest BCUT2D eigenvalue weighted by Crippen LogP contribution is 2.25. The highest BCUT2D eigenvalue weighted by Gasteiger charge is 2.47. The van der Waals surface area contributed by atoms with Gasteiger partial charge < -0.3 is 45.1 Å². The van der Waals surface area contributed by atoms with E-state index < -0.39 is 67.5 Å². The topological polar surface area (TPSA) is 192 Å². The van der Waals surface area contributed by atoms with E-state index in [0.717, 1.165) is 0 Å². The molecule has 1 saturated heterocycles. The number of phenols is 1. The van der Waals surface area contributed by atoms with E-state index in [9.17, 15) is 29.7 Å². The lowest BCUT2D eigenvalue weighted by Crippen LogP contribution is -2.65. The number of aliphatic carboxylic acids is 1. The Hall–Kier alpha value is -3.47. The van der Waals surface area contributed by atoms with Gasteiger partial charge in [0.05, 0.1) is 18.8 Å². The Morgan fingerprint density at radius 1 is 1.24 bits per heavy atom. The number of carbonyl (C=O) groups is 3. The van der Waals surface area contributed by atoms with E-state index in [1.165, 1.54) is 25.1 Å². The molecule has 34 heavy (non-hydrogen) atoms. The highest BCUT2D eigenvalue weighted by atomic mass is 16.7. The van der Waals surface area contributed by atoms with Gasteiger partial charge in [0.2, 0.25) is 5.91 Å². The van der Waals surface area contributed by atoms with Crippen LogP contribution >= 0.6 is 0 Å². The largest absolute Gasteiger partial charge is 0.507 e. The van der Waals surface area contributed by atoms with Gasteiger partial charge in [-0.25, -0.2) is 9.59 Å². The summed E-state index contributed by atoms with van der Waals surface area (Å²) in [6, 6.07) is 2.68. The summed E-state index contributed by atoms with van der Waals surface area (Å²) in [6.07, 6.45) is -5.04. The number of aromatic carboxylic acids is 1. The van der Waals surface area contributed by atoms with Crippen LogP contribution in [0.15, 0.2) is 30.4 Å². The molecule has 12 nitrogen and oxygen atoms in total. The number of hydrogen-bond acceptors (Lipinski definition) is 9. The Labute approximate surface area is 194 Å². The molecule has 0 unspecified atom stereocenters. The van der Waals surface area contributed by atoms with Crippen molar-refractivity contribution in [2.45, 2.75) is 37.6 Å². The lowest BCUT2D eigenvalue weighted by Gasteiger charge is -2.43. The molecule has 1 aliphatic heterocycles. The maximum Gasteiger partial charge on any atom is 0.339 e. The molecule has 1 amide bonds. The minimum Gasteiger partial charge on any atom is -0.507 e. The molecule has 0 aliphatic carbocycles. The fourth-order valence-electron chi connectivity index (χ4n) is 3.10. The van der Waals surface area contributed by atoms with Gasteiger partial charge >= 0.3 is 11.9 Å². The van der Waals surface area contributed by atoms with Crippen LogP contribution in [0.2, 0.25) is 0 Å². The molecule has 1 aromatic rings. The Bertz CT molecular complexity index is 996. The molecule has 1 heterocycles. The van der Waals surface area contributed by atoms with Gasteiger partial charge in [-0.2, -0.15) is 0 Å². The predicted molar refractivity (Wildman–Crippen MR) is 114 cm³/mol. The average molecular weight is 479 g/mol. The highest BCUT2D eigenvalue weighted by molar-refractivity contribution is 5.91. The summed E-state index contributed by atoms with van der Waals surface area (Å²) >= 11 is 0. The zero-order chi connectivity index (χ0) is 25.4. The second-order valence-electron chi connectivity index (χ2n) is 7.28. The van der Waals surface area contributed by atoms with E-state index in [1.807, 2.05) is 0 Å². The number of hydrogen-bond donors (Lipinski definition) is 6. The van der Waals surface area contributed by atoms with Crippen LogP contribution in [0.4, 0.5) is 0 Å². The van der Waals surface area contributed by atoms with E-state index in [0.29, 0.717) is 5.56 Å². The third-order valence-electron chi connectivity index (χ3n) is 4.76. The van der Waals surface area contributed by atoms with E-state index in [1.54, 1.807) is 0 Å². The fourth-order valence-corrected chi connectivity index (χ4v) is 3.10. The summed E-state index contributed by atoms with van der Waals surface area (Å²) < 4.78 is 16.6. The third-order valence-corrected chi connectivity index (χ3v) is 4.76. The Balaban J connectivity index is 2.18. The van der Waals surface area contributed by atoms with Gasteiger partial charge in [0, 0.05) is 12.5 Å². The van der Waals surface area contributed by atoms with E-state index in [4.69, 9.17) is 24.4 Å². The van der Waals surface area contributed by atoms with Crippen LogP contribution in [0.5, 0.6) is 5.75 Å². The van der Waals surface area contributed by atoms with Gasteiger partial charge in [-0.05, 0) is 18.2 Å². The van der Waals surface area contributed by atoms with Crippen LogP contribution in [0.3, 0.4) is 0 Å². The minimum absolute atomic E-state index is 0.271. The Kier molecular flexibility index (Phi) is 9.55. The van der Waals surface area contributed by atoms with Crippen molar-refractivity contribution >= 4 is 17.8 Å². The molecule has 0 spiro atoms. The zero-order valence-corrected chi connectivity index (χ0v) is 18.1. The first-order chi connectivity index (χ1) is 16.0. The van der Waals surface area contributed by atoms with E-state index in [2.05, 4.69) is 23.7 Å². The smallest absolute Gasteiger partial charge is 0.339 e. The van der Waals surface area contributed by atoms with Gasteiger partial charge in [-0.15, -0.1) is 0 Å². The minimum atomic E-state index is -1.43. The molecule has 1 aromatic carbocycles. The molecule has 2 rings (SSSR count). The summed E-state index contributed by atoms with van der Waals surface area (Å²) in [5.41, 5.74) is -0.325. The first kappa shape index (κ1) is 26.8. The number of carbonyl (C=O) groups excluding carboxylic acids is 1. The van der Waals surface area contributed by atoms with E-state index >= 15 is 0 Å². The number of aromatic hydroxyl groups is 1. The maximum atomic E-state index is 11.7. The number of ether oxygens (including phenoxy) is 3. The number of aliphatic hydroxyl groups excluding tert-OH is 2. The lowest BCUT2D eigenvalue weighted by molar-refractivity contribution is -0.272. The Morgan fingerprint density at radius 3 is 2.53 bits per heavy atom. The molecule has 12 heteroatoms. The molecule has 0 aromatic heterocycles. The van der Waals surface area contributed by atoms with Gasteiger partial charge in [-0.1, -0.05) is 18.4 Å². The van der Waals surface area contributed by atoms with Crippen molar-refractivity contribution in [1.82, 2.24) is 5.32 Å². The Morgan fingerprint density at radius 2 is 1.94 bits per heavy atom. The van der Waals surface area contributed by atoms with Crippen molar-refractivity contribution in [2.75, 3.05) is 19.8 Å². The molecule has 0 saturated carbocycles. The van der Waals surface area contributed by atoms with Crippen LogP contribution in [0.1, 0.15) is 22.8 Å².